The molecule has 1 aliphatic heterocycles. The number of phenols is 1. The van der Waals surface area contributed by atoms with Crippen LogP contribution in [0.5, 0.6) is 5.75 Å². The van der Waals surface area contributed by atoms with Crippen LogP contribution in [0.3, 0.4) is 0 Å². The van der Waals surface area contributed by atoms with Crippen molar-refractivity contribution in [3.8, 4) is 17.0 Å². The number of rotatable bonds is 7. The highest BCUT2D eigenvalue weighted by Gasteiger charge is 2.33. The van der Waals surface area contributed by atoms with Gasteiger partial charge in [0, 0.05) is 38.9 Å². The predicted octanol–water partition coefficient (Wildman–Crippen LogP) is 5.46. The second-order valence-corrected chi connectivity index (χ2v) is 10.8. The second-order valence-electron chi connectivity index (χ2n) is 10.4. The number of amides is 2. The zero-order valence-electron chi connectivity index (χ0n) is 24.3. The fourth-order valence-electron chi connectivity index (χ4n) is 5.32. The van der Waals surface area contributed by atoms with Crippen LogP contribution in [0.25, 0.3) is 11.3 Å². The van der Waals surface area contributed by atoms with Crippen LogP contribution in [-0.4, -0.2) is 75.8 Å². The standard InChI is InChI=1S/C31H34ClFN6O3/c1-7-26(42)37-13-14-38(19(4)16-37)30(34-6)22-15-23(32)28(27-24(33)9-8-10-25(27)41)36-31(22)39(17-40)29-20(5)35-12-11-21(29)18(2)3/h7-12,15,17-19,41H,1,13-14,16H2,2-6H3. The van der Waals surface area contributed by atoms with E-state index in [0.29, 0.717) is 48.8 Å². The van der Waals surface area contributed by atoms with Crippen LogP contribution in [0, 0.1) is 12.7 Å². The summed E-state index contributed by atoms with van der Waals surface area (Å²) in [5, 5.41) is 10.6. The number of carbonyl (C=O) groups excluding carboxylic acids is 2. The van der Waals surface area contributed by atoms with E-state index in [0.717, 1.165) is 5.56 Å². The number of amidine groups is 1. The highest BCUT2D eigenvalue weighted by Crippen LogP contribution is 2.41. The van der Waals surface area contributed by atoms with E-state index in [2.05, 4.69) is 16.6 Å². The molecule has 4 rings (SSSR count). The van der Waals surface area contributed by atoms with Gasteiger partial charge in [0.1, 0.15) is 17.4 Å². The van der Waals surface area contributed by atoms with Crippen LogP contribution in [0.15, 0.2) is 54.2 Å². The van der Waals surface area contributed by atoms with Gasteiger partial charge in [0.05, 0.1) is 33.2 Å². The van der Waals surface area contributed by atoms with Gasteiger partial charge < -0.3 is 14.9 Å². The number of hydrogen-bond donors (Lipinski definition) is 1. The van der Waals surface area contributed by atoms with Crippen molar-refractivity contribution in [2.24, 2.45) is 4.99 Å². The molecule has 1 saturated heterocycles. The average molecular weight is 593 g/mol. The van der Waals surface area contributed by atoms with Gasteiger partial charge in [0.2, 0.25) is 12.3 Å². The van der Waals surface area contributed by atoms with Gasteiger partial charge in [-0.1, -0.05) is 38.1 Å². The van der Waals surface area contributed by atoms with Crippen molar-refractivity contribution < 1.29 is 19.1 Å². The third-order valence-electron chi connectivity index (χ3n) is 7.36. The van der Waals surface area contributed by atoms with Crippen molar-refractivity contribution in [2.75, 3.05) is 31.6 Å². The minimum atomic E-state index is -0.720. The molecule has 1 unspecified atom stereocenters. The molecule has 42 heavy (non-hydrogen) atoms. The van der Waals surface area contributed by atoms with E-state index in [1.165, 1.54) is 29.2 Å². The number of piperazine rings is 1. The Balaban J connectivity index is 1.98. The molecule has 1 fully saturated rings. The maximum atomic E-state index is 15.1. The summed E-state index contributed by atoms with van der Waals surface area (Å²) in [6.45, 7) is 12.7. The molecule has 3 heterocycles. The summed E-state index contributed by atoms with van der Waals surface area (Å²) in [5.74, 6) is -0.561. The molecule has 0 spiro atoms. The Morgan fingerprint density at radius 1 is 1.31 bits per heavy atom. The Morgan fingerprint density at radius 2 is 2.05 bits per heavy atom. The normalized spacial score (nSPS) is 15.6. The summed E-state index contributed by atoms with van der Waals surface area (Å²) in [5.41, 5.74) is 2.18. The summed E-state index contributed by atoms with van der Waals surface area (Å²) in [7, 11) is 1.62. The minimum Gasteiger partial charge on any atom is -0.507 e. The first-order valence-corrected chi connectivity index (χ1v) is 13.9. The summed E-state index contributed by atoms with van der Waals surface area (Å²) >= 11 is 6.75. The van der Waals surface area contributed by atoms with Gasteiger partial charge in [-0.25, -0.2) is 9.37 Å². The van der Waals surface area contributed by atoms with Gasteiger partial charge in [0.25, 0.3) is 0 Å². The first-order valence-electron chi connectivity index (χ1n) is 13.6. The summed E-state index contributed by atoms with van der Waals surface area (Å²) in [6.07, 6.45) is 3.61. The first kappa shape index (κ1) is 30.6. The maximum Gasteiger partial charge on any atom is 0.246 e. The van der Waals surface area contributed by atoms with Crippen LogP contribution in [0.1, 0.15) is 43.5 Å². The lowest BCUT2D eigenvalue weighted by atomic mass is 9.99. The molecule has 0 bridgehead atoms. The lowest BCUT2D eigenvalue weighted by molar-refractivity contribution is -0.128. The van der Waals surface area contributed by atoms with Crippen molar-refractivity contribution in [1.82, 2.24) is 19.8 Å². The SMILES string of the molecule is C=CC(=O)N1CCN(C(=NC)c2cc(Cl)c(-c3c(O)cccc3F)nc2N(C=O)c2c(C(C)C)ccnc2C)C(C)C1. The summed E-state index contributed by atoms with van der Waals surface area (Å²) in [4.78, 5) is 44.1. The third-order valence-corrected chi connectivity index (χ3v) is 7.65. The van der Waals surface area contributed by atoms with Gasteiger partial charge >= 0.3 is 0 Å². The van der Waals surface area contributed by atoms with Gasteiger partial charge in [-0.15, -0.1) is 0 Å². The number of aliphatic imine (C=N–C) groups is 1. The van der Waals surface area contributed by atoms with Crippen molar-refractivity contribution in [3.05, 3.63) is 76.8 Å². The predicted molar refractivity (Wildman–Crippen MR) is 163 cm³/mol. The number of halogens is 2. The molecule has 9 nitrogen and oxygen atoms in total. The van der Waals surface area contributed by atoms with Crippen molar-refractivity contribution in [2.45, 2.75) is 39.7 Å². The minimum absolute atomic E-state index is 0.0320. The number of phenolic OH excluding ortho intramolecular Hbond substituents is 1. The Bertz CT molecular complexity index is 1540. The van der Waals surface area contributed by atoms with E-state index in [-0.39, 0.29) is 45.7 Å². The van der Waals surface area contributed by atoms with Gasteiger partial charge in [-0.05, 0) is 55.7 Å². The number of anilines is 2. The van der Waals surface area contributed by atoms with Crippen molar-refractivity contribution in [1.29, 1.82) is 0 Å². The Kier molecular flexibility index (Phi) is 9.26. The zero-order valence-corrected chi connectivity index (χ0v) is 25.1. The molecular formula is C31H34ClFN6O3. The maximum absolute atomic E-state index is 15.1. The second kappa shape index (κ2) is 12.7. The molecule has 1 aromatic carbocycles. The molecule has 3 aromatic rings. The Morgan fingerprint density at radius 3 is 2.64 bits per heavy atom. The molecule has 0 saturated carbocycles. The van der Waals surface area contributed by atoms with E-state index in [1.807, 2.05) is 31.7 Å². The molecular weight excluding hydrogens is 559 g/mol. The molecule has 1 atom stereocenters. The molecule has 220 valence electrons. The quantitative estimate of drug-likeness (QED) is 0.169. The van der Waals surface area contributed by atoms with Crippen LogP contribution >= 0.6 is 11.6 Å². The number of aromatic nitrogens is 2. The Labute approximate surface area is 250 Å². The summed E-state index contributed by atoms with van der Waals surface area (Å²) < 4.78 is 15.1. The lowest BCUT2D eigenvalue weighted by Gasteiger charge is -2.41. The van der Waals surface area contributed by atoms with E-state index >= 15 is 4.39 Å². The van der Waals surface area contributed by atoms with Gasteiger partial charge in [-0.3, -0.25) is 24.5 Å². The molecule has 0 aliphatic carbocycles. The van der Waals surface area contributed by atoms with Crippen LogP contribution in [-0.2, 0) is 9.59 Å². The highest BCUT2D eigenvalue weighted by molar-refractivity contribution is 6.33. The number of carbonyl (C=O) groups is 2. The van der Waals surface area contributed by atoms with Crippen molar-refractivity contribution in [3.63, 3.8) is 0 Å². The van der Waals surface area contributed by atoms with E-state index < -0.39 is 5.82 Å². The van der Waals surface area contributed by atoms with E-state index in [1.54, 1.807) is 31.1 Å². The fraction of sp³-hybridized carbons (Fsp3) is 0.323. The van der Waals surface area contributed by atoms with Gasteiger partial charge in [-0.2, -0.15) is 0 Å². The Hall–Kier alpha value is -4.31. The van der Waals surface area contributed by atoms with Gasteiger partial charge in [0.15, 0.2) is 5.82 Å². The largest absolute Gasteiger partial charge is 0.507 e. The van der Waals surface area contributed by atoms with E-state index in [9.17, 15) is 14.7 Å². The molecule has 2 amide bonds. The fourth-order valence-corrected chi connectivity index (χ4v) is 5.57. The lowest BCUT2D eigenvalue weighted by Crippen LogP contribution is -2.55. The third kappa shape index (κ3) is 5.72. The number of hydrogen-bond acceptors (Lipinski definition) is 6. The number of aromatic hydroxyl groups is 1. The van der Waals surface area contributed by atoms with Crippen LogP contribution < -0.4 is 4.90 Å². The topological polar surface area (TPSA) is 102 Å². The van der Waals surface area contributed by atoms with Crippen LogP contribution in [0.4, 0.5) is 15.9 Å². The number of pyridine rings is 2. The number of aryl methyl sites for hydroxylation is 1. The summed E-state index contributed by atoms with van der Waals surface area (Å²) in [6, 6.07) is 7.19. The number of nitrogens with zero attached hydrogens (tertiary/aromatic N) is 6. The van der Waals surface area contributed by atoms with E-state index in [4.69, 9.17) is 16.6 Å². The average Bonchev–Trinajstić information content (AvgIpc) is 2.96. The molecule has 1 aliphatic rings. The molecule has 2 aromatic heterocycles. The molecule has 11 heteroatoms. The highest BCUT2D eigenvalue weighted by atomic mass is 35.5. The molecule has 1 N–H and O–H groups in total. The smallest absolute Gasteiger partial charge is 0.246 e. The van der Waals surface area contributed by atoms with Crippen LogP contribution in [0.2, 0.25) is 5.02 Å². The number of benzene rings is 1. The zero-order chi connectivity index (χ0) is 30.7. The first-order chi connectivity index (χ1) is 20.0. The monoisotopic (exact) mass is 592 g/mol. The molecule has 0 radical (unpaired) electrons. The van der Waals surface area contributed by atoms with Crippen molar-refractivity contribution >= 4 is 41.3 Å².